The minimum atomic E-state index is -0.250. The fourth-order valence-electron chi connectivity index (χ4n) is 5.40. The first-order chi connectivity index (χ1) is 10.5. The van der Waals surface area contributed by atoms with E-state index >= 15 is 0 Å². The summed E-state index contributed by atoms with van der Waals surface area (Å²) < 4.78 is 0. The van der Waals surface area contributed by atoms with Crippen molar-refractivity contribution in [2.75, 3.05) is 0 Å². The fraction of sp³-hybridized carbons (Fsp3) is 0.850. The number of allylic oxidation sites excluding steroid dienone is 2. The fourth-order valence-corrected chi connectivity index (χ4v) is 5.40. The minimum Gasteiger partial charge on any atom is -0.483 e. The summed E-state index contributed by atoms with van der Waals surface area (Å²) in [7, 11) is 0. The van der Waals surface area contributed by atoms with Crippen molar-refractivity contribution in [1.29, 1.82) is 0 Å². The predicted octanol–water partition coefficient (Wildman–Crippen LogP) is 5.92. The second-order valence-electron chi connectivity index (χ2n) is 7.47. The van der Waals surface area contributed by atoms with Crippen molar-refractivity contribution in [3.8, 4) is 0 Å². The van der Waals surface area contributed by atoms with E-state index in [-0.39, 0.29) is 6.47 Å². The third-order valence-electron chi connectivity index (χ3n) is 6.31. The van der Waals surface area contributed by atoms with E-state index in [1.165, 1.54) is 44.9 Å². The number of fused-ring (bicyclic) bond motifs is 3. The highest BCUT2D eigenvalue weighted by atomic mass is 16.3. The maximum absolute atomic E-state index is 8.36. The normalized spacial score (nSPS) is 39.6. The topological polar surface area (TPSA) is 37.3 Å². The highest BCUT2D eigenvalue weighted by Crippen LogP contribution is 2.59. The summed E-state index contributed by atoms with van der Waals surface area (Å²) in [6, 6.07) is 0. The van der Waals surface area contributed by atoms with Gasteiger partial charge in [0.15, 0.2) is 0 Å². The molecular weight excluding hydrogens is 272 g/mol. The average Bonchev–Trinajstić information content (AvgIpc) is 2.49. The van der Waals surface area contributed by atoms with E-state index in [1.807, 2.05) is 19.4 Å². The van der Waals surface area contributed by atoms with E-state index < -0.39 is 0 Å². The Kier molecular flexibility index (Phi) is 7.65. The van der Waals surface area contributed by atoms with E-state index in [1.54, 1.807) is 0 Å². The average molecular weight is 309 g/mol. The number of hydrogen-bond acceptors (Lipinski definition) is 1. The summed E-state index contributed by atoms with van der Waals surface area (Å²) in [6.07, 6.45) is 12.9. The van der Waals surface area contributed by atoms with Gasteiger partial charge in [0.1, 0.15) is 0 Å². The Bertz CT molecular complexity index is 374. The molecule has 5 atom stereocenters. The van der Waals surface area contributed by atoms with E-state index in [0.717, 1.165) is 23.7 Å². The van der Waals surface area contributed by atoms with Gasteiger partial charge in [-0.25, -0.2) is 0 Å². The maximum Gasteiger partial charge on any atom is 0.290 e. The molecule has 2 saturated carbocycles. The van der Waals surface area contributed by atoms with Crippen molar-refractivity contribution in [2.24, 2.45) is 29.1 Å². The smallest absolute Gasteiger partial charge is 0.290 e. The highest BCUT2D eigenvalue weighted by Gasteiger charge is 2.49. The van der Waals surface area contributed by atoms with Crippen LogP contribution in [0.1, 0.15) is 79.6 Å². The van der Waals surface area contributed by atoms with Gasteiger partial charge in [-0.15, -0.1) is 0 Å². The van der Waals surface area contributed by atoms with Gasteiger partial charge in [-0.2, -0.15) is 0 Å². The van der Waals surface area contributed by atoms with Crippen LogP contribution in [0.25, 0.3) is 0 Å². The summed E-state index contributed by atoms with van der Waals surface area (Å²) in [5.74, 6) is 3.80. The lowest BCUT2D eigenvalue weighted by atomic mass is 9.50. The molecule has 2 fully saturated rings. The summed E-state index contributed by atoms with van der Waals surface area (Å²) in [5.41, 5.74) is 2.50. The van der Waals surface area contributed by atoms with Crippen LogP contribution in [0, 0.1) is 29.1 Å². The first-order valence-electron chi connectivity index (χ1n) is 9.31. The van der Waals surface area contributed by atoms with Crippen LogP contribution in [0.2, 0.25) is 0 Å². The van der Waals surface area contributed by atoms with E-state index in [0.29, 0.717) is 5.41 Å². The molecule has 5 unspecified atom stereocenters. The largest absolute Gasteiger partial charge is 0.483 e. The lowest BCUT2D eigenvalue weighted by Crippen LogP contribution is -2.46. The SMILES string of the molecule is CC.CC1C=C2CCC3C(C)CCCC3(C)C2CC1.O=CO. The quantitative estimate of drug-likeness (QED) is 0.445. The van der Waals surface area contributed by atoms with Crippen LogP contribution in [-0.2, 0) is 4.79 Å². The highest BCUT2D eigenvalue weighted by molar-refractivity contribution is 5.32. The van der Waals surface area contributed by atoms with E-state index in [9.17, 15) is 0 Å². The third kappa shape index (κ3) is 3.94. The molecule has 22 heavy (non-hydrogen) atoms. The molecule has 2 heteroatoms. The molecule has 1 N–H and O–H groups in total. The zero-order valence-corrected chi connectivity index (χ0v) is 15.3. The van der Waals surface area contributed by atoms with Gasteiger partial charge in [0.25, 0.3) is 6.47 Å². The Hall–Kier alpha value is -0.790. The number of hydrogen-bond donors (Lipinski definition) is 1. The predicted molar refractivity (Wildman–Crippen MR) is 93.9 cm³/mol. The molecule has 3 rings (SSSR count). The van der Waals surface area contributed by atoms with Gasteiger partial charge in [-0.3, -0.25) is 4.79 Å². The van der Waals surface area contributed by atoms with Gasteiger partial charge >= 0.3 is 0 Å². The van der Waals surface area contributed by atoms with Gasteiger partial charge < -0.3 is 5.11 Å². The van der Waals surface area contributed by atoms with Crippen molar-refractivity contribution in [1.82, 2.24) is 0 Å². The van der Waals surface area contributed by atoms with Crippen LogP contribution in [-0.4, -0.2) is 11.6 Å². The lowest BCUT2D eigenvalue weighted by Gasteiger charge is -2.55. The molecule has 0 radical (unpaired) electrons. The molecule has 0 amide bonds. The zero-order chi connectivity index (χ0) is 16.8. The van der Waals surface area contributed by atoms with Crippen LogP contribution < -0.4 is 0 Å². The lowest BCUT2D eigenvalue weighted by molar-refractivity contribution is -0.122. The summed E-state index contributed by atoms with van der Waals surface area (Å²) >= 11 is 0. The van der Waals surface area contributed by atoms with Gasteiger partial charge in [0.2, 0.25) is 0 Å². The van der Waals surface area contributed by atoms with Gasteiger partial charge in [0, 0.05) is 0 Å². The van der Waals surface area contributed by atoms with Crippen molar-refractivity contribution in [3.63, 3.8) is 0 Å². The van der Waals surface area contributed by atoms with Crippen LogP contribution >= 0.6 is 0 Å². The molecule has 0 aromatic heterocycles. The first-order valence-corrected chi connectivity index (χ1v) is 9.31. The Morgan fingerprint density at radius 2 is 1.82 bits per heavy atom. The third-order valence-corrected chi connectivity index (χ3v) is 6.31. The van der Waals surface area contributed by atoms with Crippen LogP contribution in [0.4, 0.5) is 0 Å². The van der Waals surface area contributed by atoms with Gasteiger partial charge in [0.05, 0.1) is 0 Å². The van der Waals surface area contributed by atoms with Crippen molar-refractivity contribution in [3.05, 3.63) is 11.6 Å². The molecular formula is C20H36O2. The summed E-state index contributed by atoms with van der Waals surface area (Å²) in [5, 5.41) is 6.89. The van der Waals surface area contributed by atoms with Crippen LogP contribution in [0.3, 0.4) is 0 Å². The summed E-state index contributed by atoms with van der Waals surface area (Å²) in [4.78, 5) is 8.36. The number of carbonyl (C=O) groups is 1. The van der Waals surface area contributed by atoms with E-state index in [2.05, 4.69) is 26.8 Å². The van der Waals surface area contributed by atoms with Gasteiger partial charge in [-0.05, 0) is 61.2 Å². The molecule has 0 bridgehead atoms. The number of carboxylic acid groups (broad SMARTS) is 1. The molecule has 0 spiro atoms. The van der Waals surface area contributed by atoms with Crippen molar-refractivity contribution in [2.45, 2.75) is 79.6 Å². The maximum atomic E-state index is 8.36. The molecule has 128 valence electrons. The first kappa shape index (κ1) is 19.3. The Balaban J connectivity index is 0.000000435. The molecule has 0 aromatic carbocycles. The molecule has 0 aliphatic heterocycles. The minimum absolute atomic E-state index is 0.250. The standard InChI is InChI=1S/C17H28.C2H6.CH2O2/c1-12-6-8-16-14(11-12)7-9-15-13(2)5-4-10-17(15,16)3;1-2;2-1-3/h11-13,15-16H,4-10H2,1-3H3;1-2H3;1H,(H,2,3). The summed E-state index contributed by atoms with van der Waals surface area (Å²) in [6.45, 7) is 11.3. The van der Waals surface area contributed by atoms with Crippen LogP contribution in [0.15, 0.2) is 11.6 Å². The Labute approximate surface area is 137 Å². The Morgan fingerprint density at radius 1 is 1.18 bits per heavy atom. The molecule has 2 nitrogen and oxygen atoms in total. The number of rotatable bonds is 0. The Morgan fingerprint density at radius 3 is 2.45 bits per heavy atom. The monoisotopic (exact) mass is 308 g/mol. The molecule has 0 heterocycles. The van der Waals surface area contributed by atoms with Crippen molar-refractivity contribution >= 4 is 6.47 Å². The molecule has 3 aliphatic carbocycles. The van der Waals surface area contributed by atoms with Crippen LogP contribution in [0.5, 0.6) is 0 Å². The van der Waals surface area contributed by atoms with Crippen molar-refractivity contribution < 1.29 is 9.90 Å². The van der Waals surface area contributed by atoms with E-state index in [4.69, 9.17) is 9.90 Å². The second-order valence-corrected chi connectivity index (χ2v) is 7.47. The molecule has 3 aliphatic rings. The molecule has 0 aromatic rings. The second kappa shape index (κ2) is 8.74. The molecule has 0 saturated heterocycles. The zero-order valence-electron chi connectivity index (χ0n) is 15.3. The van der Waals surface area contributed by atoms with Gasteiger partial charge in [-0.1, -0.05) is 59.1 Å².